The van der Waals surface area contributed by atoms with Crippen molar-refractivity contribution in [2.45, 2.75) is 45.6 Å². The van der Waals surface area contributed by atoms with E-state index in [1.54, 1.807) is 0 Å². The van der Waals surface area contributed by atoms with E-state index in [1.165, 1.54) is 12.8 Å². The molecule has 0 aromatic carbocycles. The minimum Gasteiger partial charge on any atom is -0.353 e. The Hall–Kier alpha value is -0.570. The first-order chi connectivity index (χ1) is 6.63. The molecule has 0 spiro atoms. The summed E-state index contributed by atoms with van der Waals surface area (Å²) in [4.78, 5) is 11.5. The molecule has 0 bridgehead atoms. The van der Waals surface area contributed by atoms with E-state index in [2.05, 4.69) is 19.2 Å². The van der Waals surface area contributed by atoms with Crippen molar-refractivity contribution in [1.82, 2.24) is 5.32 Å². The van der Waals surface area contributed by atoms with Crippen LogP contribution in [0.1, 0.15) is 39.5 Å². The van der Waals surface area contributed by atoms with E-state index >= 15 is 0 Å². The largest absolute Gasteiger partial charge is 0.353 e. The monoisotopic (exact) mass is 198 g/mol. The Morgan fingerprint density at radius 1 is 1.50 bits per heavy atom. The van der Waals surface area contributed by atoms with E-state index in [0.717, 1.165) is 6.42 Å². The number of nitrogens with two attached hydrogens (primary N) is 1. The highest BCUT2D eigenvalue weighted by molar-refractivity contribution is 5.76. The van der Waals surface area contributed by atoms with Gasteiger partial charge in [-0.05, 0) is 37.6 Å². The van der Waals surface area contributed by atoms with Crippen LogP contribution in [0.2, 0.25) is 0 Å². The van der Waals surface area contributed by atoms with Crippen molar-refractivity contribution >= 4 is 5.91 Å². The summed E-state index contributed by atoms with van der Waals surface area (Å²) < 4.78 is 0. The zero-order chi connectivity index (χ0) is 10.6. The molecule has 1 amide bonds. The molecule has 82 valence electrons. The van der Waals surface area contributed by atoms with Crippen LogP contribution in [0.4, 0.5) is 0 Å². The fourth-order valence-corrected chi connectivity index (χ4v) is 1.60. The zero-order valence-corrected chi connectivity index (χ0v) is 9.25. The minimum atomic E-state index is 0.208. The third-order valence-electron chi connectivity index (χ3n) is 2.80. The van der Waals surface area contributed by atoms with Gasteiger partial charge in [0.05, 0.1) is 0 Å². The number of amides is 1. The van der Waals surface area contributed by atoms with Crippen LogP contribution in [0, 0.1) is 11.8 Å². The van der Waals surface area contributed by atoms with Gasteiger partial charge in [-0.1, -0.05) is 13.8 Å². The standard InChI is InChI=1S/C11H22N2O/c1-8(2)10(5-6-12)13-11(14)7-9-3-4-9/h8-10H,3-7,12H2,1-2H3,(H,13,14). The van der Waals surface area contributed by atoms with Crippen LogP contribution in [-0.2, 0) is 4.79 Å². The van der Waals surface area contributed by atoms with Gasteiger partial charge in [-0.25, -0.2) is 0 Å². The lowest BCUT2D eigenvalue weighted by molar-refractivity contribution is -0.122. The Balaban J connectivity index is 2.25. The maximum absolute atomic E-state index is 11.5. The number of hydrogen-bond acceptors (Lipinski definition) is 2. The predicted molar refractivity (Wildman–Crippen MR) is 57.8 cm³/mol. The molecule has 14 heavy (non-hydrogen) atoms. The van der Waals surface area contributed by atoms with Gasteiger partial charge in [-0.2, -0.15) is 0 Å². The fourth-order valence-electron chi connectivity index (χ4n) is 1.60. The lowest BCUT2D eigenvalue weighted by Crippen LogP contribution is -2.40. The molecule has 0 heterocycles. The highest BCUT2D eigenvalue weighted by Crippen LogP contribution is 2.32. The van der Waals surface area contributed by atoms with E-state index in [0.29, 0.717) is 24.8 Å². The molecule has 1 saturated carbocycles. The Bertz CT molecular complexity index is 188. The van der Waals surface area contributed by atoms with Crippen LogP contribution in [0.5, 0.6) is 0 Å². The van der Waals surface area contributed by atoms with Crippen molar-refractivity contribution in [2.24, 2.45) is 17.6 Å². The second-order valence-corrected chi connectivity index (χ2v) is 4.64. The molecule has 3 heteroatoms. The third-order valence-corrected chi connectivity index (χ3v) is 2.80. The van der Waals surface area contributed by atoms with Crippen LogP contribution < -0.4 is 11.1 Å². The molecule has 3 nitrogen and oxygen atoms in total. The molecule has 1 fully saturated rings. The third kappa shape index (κ3) is 4.09. The first kappa shape index (κ1) is 11.5. The summed E-state index contributed by atoms with van der Waals surface area (Å²) in [6, 6.07) is 0.256. The van der Waals surface area contributed by atoms with Crippen LogP contribution in [-0.4, -0.2) is 18.5 Å². The van der Waals surface area contributed by atoms with Crippen molar-refractivity contribution in [3.63, 3.8) is 0 Å². The highest BCUT2D eigenvalue weighted by atomic mass is 16.1. The van der Waals surface area contributed by atoms with Gasteiger partial charge in [0.2, 0.25) is 5.91 Å². The molecule has 1 aliphatic carbocycles. The van der Waals surface area contributed by atoms with Gasteiger partial charge < -0.3 is 11.1 Å². The van der Waals surface area contributed by atoms with Crippen molar-refractivity contribution in [2.75, 3.05) is 6.54 Å². The summed E-state index contributed by atoms with van der Waals surface area (Å²) in [5, 5.41) is 3.07. The van der Waals surface area contributed by atoms with Gasteiger partial charge >= 0.3 is 0 Å². The maximum atomic E-state index is 11.5. The van der Waals surface area contributed by atoms with Gasteiger partial charge in [0.1, 0.15) is 0 Å². The molecule has 1 unspecified atom stereocenters. The van der Waals surface area contributed by atoms with E-state index < -0.39 is 0 Å². The Morgan fingerprint density at radius 3 is 2.57 bits per heavy atom. The number of hydrogen-bond donors (Lipinski definition) is 2. The quantitative estimate of drug-likeness (QED) is 0.675. The Labute approximate surface area is 86.4 Å². The van der Waals surface area contributed by atoms with Gasteiger partial charge in [0.25, 0.3) is 0 Å². The minimum absolute atomic E-state index is 0.208. The van der Waals surface area contributed by atoms with Crippen LogP contribution in [0.25, 0.3) is 0 Å². The zero-order valence-electron chi connectivity index (χ0n) is 9.25. The normalized spacial score (nSPS) is 18.3. The van der Waals surface area contributed by atoms with E-state index in [4.69, 9.17) is 5.73 Å². The topological polar surface area (TPSA) is 55.1 Å². The molecule has 1 atom stereocenters. The second kappa shape index (κ2) is 5.35. The van der Waals surface area contributed by atoms with Gasteiger partial charge in [-0.15, -0.1) is 0 Å². The number of carbonyl (C=O) groups is 1. The summed E-state index contributed by atoms with van der Waals surface area (Å²) >= 11 is 0. The molecule has 1 rings (SSSR count). The first-order valence-electron chi connectivity index (χ1n) is 5.63. The molecule has 0 saturated heterocycles. The van der Waals surface area contributed by atoms with Gasteiger partial charge in [-0.3, -0.25) is 4.79 Å². The summed E-state index contributed by atoms with van der Waals surface area (Å²) in [7, 11) is 0. The summed E-state index contributed by atoms with van der Waals surface area (Å²) in [5.74, 6) is 1.35. The predicted octanol–water partition coefficient (Wildman–Crippen LogP) is 1.28. The van der Waals surface area contributed by atoms with Gasteiger partial charge in [0.15, 0.2) is 0 Å². The first-order valence-corrected chi connectivity index (χ1v) is 5.63. The van der Waals surface area contributed by atoms with E-state index in [-0.39, 0.29) is 11.9 Å². The number of rotatable bonds is 6. The molecule has 0 aromatic rings. The molecular formula is C11H22N2O. The average molecular weight is 198 g/mol. The van der Waals surface area contributed by atoms with E-state index in [1.807, 2.05) is 0 Å². The van der Waals surface area contributed by atoms with Gasteiger partial charge in [0, 0.05) is 12.5 Å². The Morgan fingerprint density at radius 2 is 2.14 bits per heavy atom. The number of carbonyl (C=O) groups excluding carboxylic acids is 1. The molecule has 1 aliphatic rings. The lowest BCUT2D eigenvalue weighted by Gasteiger charge is -2.21. The lowest BCUT2D eigenvalue weighted by atomic mass is 10.0. The van der Waals surface area contributed by atoms with Crippen molar-refractivity contribution in [1.29, 1.82) is 0 Å². The second-order valence-electron chi connectivity index (χ2n) is 4.64. The molecule has 0 aromatic heterocycles. The van der Waals surface area contributed by atoms with Crippen LogP contribution in [0.15, 0.2) is 0 Å². The van der Waals surface area contributed by atoms with Crippen molar-refractivity contribution in [3.8, 4) is 0 Å². The highest BCUT2D eigenvalue weighted by Gasteiger charge is 2.25. The van der Waals surface area contributed by atoms with E-state index in [9.17, 15) is 4.79 Å². The summed E-state index contributed by atoms with van der Waals surface area (Å²) in [5.41, 5.74) is 5.51. The smallest absolute Gasteiger partial charge is 0.220 e. The van der Waals surface area contributed by atoms with Crippen molar-refractivity contribution < 1.29 is 4.79 Å². The molecular weight excluding hydrogens is 176 g/mol. The van der Waals surface area contributed by atoms with Crippen LogP contribution >= 0.6 is 0 Å². The van der Waals surface area contributed by atoms with Crippen molar-refractivity contribution in [3.05, 3.63) is 0 Å². The average Bonchev–Trinajstić information content (AvgIpc) is 2.87. The fraction of sp³-hybridized carbons (Fsp3) is 0.909. The maximum Gasteiger partial charge on any atom is 0.220 e. The molecule has 3 N–H and O–H groups in total. The van der Waals surface area contributed by atoms with Crippen LogP contribution in [0.3, 0.4) is 0 Å². The SMILES string of the molecule is CC(C)C(CCN)NC(=O)CC1CC1. The number of nitrogens with one attached hydrogen (secondary N) is 1. The summed E-state index contributed by atoms with van der Waals surface area (Å²) in [6.45, 7) is 4.89. The summed E-state index contributed by atoms with van der Waals surface area (Å²) in [6.07, 6.45) is 4.06. The Kier molecular flexibility index (Phi) is 4.39. The molecule has 0 radical (unpaired) electrons. The molecule has 0 aliphatic heterocycles.